The van der Waals surface area contributed by atoms with E-state index in [1.807, 2.05) is 12.1 Å². The van der Waals surface area contributed by atoms with Crippen LogP contribution in [0.25, 0.3) is 0 Å². The highest BCUT2D eigenvalue weighted by Crippen LogP contribution is 2.16. The van der Waals surface area contributed by atoms with Gasteiger partial charge in [-0.25, -0.2) is 0 Å². The lowest BCUT2D eigenvalue weighted by molar-refractivity contribution is -0.116. The lowest BCUT2D eigenvalue weighted by Gasteiger charge is -2.09. The molecule has 1 aliphatic heterocycles. The third-order valence-corrected chi connectivity index (χ3v) is 3.11. The van der Waals surface area contributed by atoms with E-state index in [9.17, 15) is 4.79 Å². The van der Waals surface area contributed by atoms with E-state index >= 15 is 0 Å². The minimum Gasteiger partial charge on any atom is -0.399 e. The van der Waals surface area contributed by atoms with Gasteiger partial charge in [0.05, 0.1) is 0 Å². The molecule has 0 saturated carbocycles. The van der Waals surface area contributed by atoms with Gasteiger partial charge in [0.25, 0.3) is 0 Å². The molecule has 1 unspecified atom stereocenters. The number of carbonyl (C=O) groups excluding carboxylic acids is 1. The minimum absolute atomic E-state index is 0.0718. The normalized spacial score (nSPS) is 19.2. The molecule has 1 atom stereocenters. The molecular weight excluding hydrogens is 214 g/mol. The average molecular weight is 233 g/mol. The summed E-state index contributed by atoms with van der Waals surface area (Å²) in [7, 11) is 0. The number of amides is 1. The van der Waals surface area contributed by atoms with Crippen molar-refractivity contribution < 1.29 is 4.79 Å². The molecule has 1 aliphatic rings. The van der Waals surface area contributed by atoms with Crippen molar-refractivity contribution in [2.24, 2.45) is 5.92 Å². The van der Waals surface area contributed by atoms with Crippen LogP contribution in [0.5, 0.6) is 0 Å². The van der Waals surface area contributed by atoms with Gasteiger partial charge in [0.2, 0.25) is 5.91 Å². The summed E-state index contributed by atoms with van der Waals surface area (Å²) in [6.45, 7) is 2.13. The fraction of sp³-hybridized carbons (Fsp3) is 0.462. The molecule has 0 radical (unpaired) electrons. The Morgan fingerprint density at radius 1 is 1.53 bits per heavy atom. The molecule has 0 aliphatic carbocycles. The van der Waals surface area contributed by atoms with Gasteiger partial charge in [-0.2, -0.15) is 0 Å². The van der Waals surface area contributed by atoms with Crippen molar-refractivity contribution in [1.29, 1.82) is 0 Å². The van der Waals surface area contributed by atoms with E-state index in [-0.39, 0.29) is 5.91 Å². The number of nitrogens with two attached hydrogens (primary N) is 1. The summed E-state index contributed by atoms with van der Waals surface area (Å²) in [4.78, 5) is 11.7. The Bertz CT molecular complexity index is 386. The van der Waals surface area contributed by atoms with Crippen LogP contribution in [0.4, 0.5) is 11.4 Å². The third-order valence-electron chi connectivity index (χ3n) is 3.11. The maximum atomic E-state index is 11.7. The average Bonchev–Trinajstić information content (AvgIpc) is 2.79. The van der Waals surface area contributed by atoms with Gasteiger partial charge >= 0.3 is 0 Å². The largest absolute Gasteiger partial charge is 0.399 e. The predicted molar refractivity (Wildman–Crippen MR) is 69.7 cm³/mol. The first-order valence-corrected chi connectivity index (χ1v) is 6.10. The van der Waals surface area contributed by atoms with E-state index in [0.717, 1.165) is 25.2 Å². The Hall–Kier alpha value is -1.55. The zero-order valence-electron chi connectivity index (χ0n) is 9.91. The molecule has 4 N–H and O–H groups in total. The molecule has 1 saturated heterocycles. The third kappa shape index (κ3) is 3.75. The van der Waals surface area contributed by atoms with Gasteiger partial charge in [-0.05, 0) is 50.0 Å². The molecule has 1 amide bonds. The molecule has 0 spiro atoms. The number of nitrogen functional groups attached to an aromatic ring is 1. The van der Waals surface area contributed by atoms with Crippen LogP contribution in [0.2, 0.25) is 0 Å². The molecule has 17 heavy (non-hydrogen) atoms. The topological polar surface area (TPSA) is 67.1 Å². The van der Waals surface area contributed by atoms with Crippen LogP contribution < -0.4 is 16.4 Å². The molecule has 1 aromatic rings. The second-order valence-corrected chi connectivity index (χ2v) is 4.57. The number of nitrogens with one attached hydrogen (secondary N) is 2. The van der Waals surface area contributed by atoms with Crippen molar-refractivity contribution in [3.8, 4) is 0 Å². The number of hydrogen-bond acceptors (Lipinski definition) is 3. The standard InChI is InChI=1S/C13H19N3O/c14-11-2-1-3-12(8-11)16-13(17)5-4-10-6-7-15-9-10/h1-3,8,10,15H,4-7,9,14H2,(H,16,17). The van der Waals surface area contributed by atoms with Crippen LogP contribution >= 0.6 is 0 Å². The number of carbonyl (C=O) groups is 1. The van der Waals surface area contributed by atoms with Gasteiger partial charge in [-0.3, -0.25) is 4.79 Å². The van der Waals surface area contributed by atoms with Gasteiger partial charge in [-0.15, -0.1) is 0 Å². The minimum atomic E-state index is 0.0718. The Morgan fingerprint density at radius 3 is 3.12 bits per heavy atom. The van der Waals surface area contributed by atoms with Crippen LogP contribution in [-0.4, -0.2) is 19.0 Å². The SMILES string of the molecule is Nc1cccc(NC(=O)CCC2CCNC2)c1. The highest BCUT2D eigenvalue weighted by Gasteiger charge is 2.15. The summed E-state index contributed by atoms with van der Waals surface area (Å²) in [5.74, 6) is 0.726. The highest BCUT2D eigenvalue weighted by atomic mass is 16.1. The number of hydrogen-bond donors (Lipinski definition) is 3. The molecular formula is C13H19N3O. The lowest BCUT2D eigenvalue weighted by Crippen LogP contribution is -2.15. The van der Waals surface area contributed by atoms with Gasteiger partial charge in [0.1, 0.15) is 0 Å². The zero-order chi connectivity index (χ0) is 12.1. The molecule has 1 fully saturated rings. The van der Waals surface area contributed by atoms with Crippen LogP contribution in [0.15, 0.2) is 24.3 Å². The maximum Gasteiger partial charge on any atom is 0.224 e. The molecule has 92 valence electrons. The summed E-state index contributed by atoms with van der Waals surface area (Å²) < 4.78 is 0. The van der Waals surface area contributed by atoms with Crippen molar-refractivity contribution in [3.63, 3.8) is 0 Å². The van der Waals surface area contributed by atoms with E-state index in [2.05, 4.69) is 10.6 Å². The first kappa shape index (κ1) is 11.9. The van der Waals surface area contributed by atoms with E-state index in [4.69, 9.17) is 5.73 Å². The van der Waals surface area contributed by atoms with Crippen molar-refractivity contribution in [2.75, 3.05) is 24.1 Å². The fourth-order valence-corrected chi connectivity index (χ4v) is 2.14. The summed E-state index contributed by atoms with van der Waals surface area (Å²) in [5, 5.41) is 6.17. The summed E-state index contributed by atoms with van der Waals surface area (Å²) >= 11 is 0. The van der Waals surface area contributed by atoms with Crippen molar-refractivity contribution >= 4 is 17.3 Å². The van der Waals surface area contributed by atoms with E-state index in [1.54, 1.807) is 12.1 Å². The quantitative estimate of drug-likeness (QED) is 0.692. The first-order valence-electron chi connectivity index (χ1n) is 6.10. The van der Waals surface area contributed by atoms with Crippen LogP contribution in [0.1, 0.15) is 19.3 Å². The smallest absolute Gasteiger partial charge is 0.224 e. The van der Waals surface area contributed by atoms with Crippen LogP contribution in [-0.2, 0) is 4.79 Å². The van der Waals surface area contributed by atoms with E-state index < -0.39 is 0 Å². The van der Waals surface area contributed by atoms with Crippen LogP contribution in [0.3, 0.4) is 0 Å². The molecule has 1 heterocycles. The first-order chi connectivity index (χ1) is 8.24. The second-order valence-electron chi connectivity index (χ2n) is 4.57. The van der Waals surface area contributed by atoms with Gasteiger partial charge in [0, 0.05) is 17.8 Å². The second kappa shape index (κ2) is 5.68. The predicted octanol–water partition coefficient (Wildman–Crippen LogP) is 1.60. The molecule has 4 nitrogen and oxygen atoms in total. The number of benzene rings is 1. The summed E-state index contributed by atoms with van der Waals surface area (Å²) in [5.41, 5.74) is 7.09. The Labute approximate surface area is 102 Å². The molecule has 2 rings (SSSR count). The lowest BCUT2D eigenvalue weighted by atomic mass is 10.0. The molecule has 0 bridgehead atoms. The zero-order valence-corrected chi connectivity index (χ0v) is 9.91. The molecule has 1 aromatic carbocycles. The van der Waals surface area contributed by atoms with Gasteiger partial charge < -0.3 is 16.4 Å². The number of rotatable bonds is 4. The van der Waals surface area contributed by atoms with Gasteiger partial charge in [-0.1, -0.05) is 6.07 Å². The Morgan fingerprint density at radius 2 is 2.41 bits per heavy atom. The fourth-order valence-electron chi connectivity index (χ4n) is 2.14. The Kier molecular flexibility index (Phi) is 3.98. The monoisotopic (exact) mass is 233 g/mol. The Balaban J connectivity index is 1.76. The van der Waals surface area contributed by atoms with E-state index in [0.29, 0.717) is 18.0 Å². The molecule has 0 aromatic heterocycles. The van der Waals surface area contributed by atoms with Gasteiger partial charge in [0.15, 0.2) is 0 Å². The van der Waals surface area contributed by atoms with Crippen molar-refractivity contribution in [1.82, 2.24) is 5.32 Å². The highest BCUT2D eigenvalue weighted by molar-refractivity contribution is 5.91. The summed E-state index contributed by atoms with van der Waals surface area (Å²) in [6, 6.07) is 7.27. The number of anilines is 2. The van der Waals surface area contributed by atoms with Crippen molar-refractivity contribution in [3.05, 3.63) is 24.3 Å². The maximum absolute atomic E-state index is 11.7. The molecule has 4 heteroatoms. The van der Waals surface area contributed by atoms with Crippen molar-refractivity contribution in [2.45, 2.75) is 19.3 Å². The van der Waals surface area contributed by atoms with E-state index in [1.165, 1.54) is 6.42 Å². The van der Waals surface area contributed by atoms with Crippen LogP contribution in [0, 0.1) is 5.92 Å². The summed E-state index contributed by atoms with van der Waals surface area (Å²) in [6.07, 6.45) is 2.73.